The predicted octanol–water partition coefficient (Wildman–Crippen LogP) is 19.7. The van der Waals surface area contributed by atoms with Gasteiger partial charge in [-0.05, 0) is 122 Å². The Hall–Kier alpha value is -3.67. The van der Waals surface area contributed by atoms with Gasteiger partial charge in [-0.15, -0.1) is 0 Å². The van der Waals surface area contributed by atoms with Crippen LogP contribution in [0.1, 0.15) is 271 Å². The normalized spacial score (nSPS) is 12.8. The summed E-state index contributed by atoms with van der Waals surface area (Å²) in [7, 11) is 0. The van der Waals surface area contributed by atoms with Gasteiger partial charge in [0.2, 0.25) is 0 Å². The van der Waals surface area contributed by atoms with E-state index >= 15 is 0 Å². The summed E-state index contributed by atoms with van der Waals surface area (Å²) in [6.07, 6.45) is 76.7. The number of carbonyl (C=O) groups excluding carboxylic acids is 3. The number of carbonyl (C=O) groups is 3. The third-order valence-electron chi connectivity index (χ3n) is 12.3. The Bertz CT molecular complexity index is 1400. The number of ether oxygens (including phenoxy) is 3. The van der Waals surface area contributed by atoms with Crippen LogP contribution in [-0.4, -0.2) is 37.2 Å². The standard InChI is InChI=1S/C64H108O6/c1-4-7-10-13-16-19-22-25-28-30-32-34-36-39-42-45-48-51-54-57-63(66)69-60-61(59-68-62(65)56-53-50-47-44-41-38-27-24-21-18-15-12-9-6-3)70-64(67)58-55-52-49-46-43-40-37-35-33-31-29-26-23-20-17-14-11-8-5-2/h15-20,24-29,32-35,61H,4-14,21-23,30-31,36-60H2,1-3H3/b18-15-,19-16-,20-17-,27-24-,28-25-,29-26-,34-32-,35-33-. The van der Waals surface area contributed by atoms with Gasteiger partial charge in [0.15, 0.2) is 6.10 Å². The molecule has 6 heteroatoms. The number of allylic oxidation sites excluding steroid dienone is 16. The zero-order valence-electron chi connectivity index (χ0n) is 45.8. The largest absolute Gasteiger partial charge is 0.462 e. The molecule has 70 heavy (non-hydrogen) atoms. The fourth-order valence-electron chi connectivity index (χ4n) is 7.82. The van der Waals surface area contributed by atoms with Gasteiger partial charge in [-0.25, -0.2) is 0 Å². The number of rotatable bonds is 52. The van der Waals surface area contributed by atoms with Crippen LogP contribution in [0.4, 0.5) is 0 Å². The first kappa shape index (κ1) is 66.3. The third kappa shape index (κ3) is 55.3. The Morgan fingerprint density at radius 3 is 0.843 bits per heavy atom. The number of esters is 3. The molecular weight excluding hydrogens is 865 g/mol. The second-order valence-corrected chi connectivity index (χ2v) is 19.2. The van der Waals surface area contributed by atoms with E-state index in [-0.39, 0.29) is 31.1 Å². The van der Waals surface area contributed by atoms with Gasteiger partial charge >= 0.3 is 17.9 Å². The molecule has 0 aromatic carbocycles. The topological polar surface area (TPSA) is 78.9 Å². The van der Waals surface area contributed by atoms with E-state index in [4.69, 9.17) is 14.2 Å². The molecule has 0 N–H and O–H groups in total. The molecule has 1 unspecified atom stereocenters. The molecule has 0 saturated heterocycles. The summed E-state index contributed by atoms with van der Waals surface area (Å²) in [5.74, 6) is -0.930. The first-order chi connectivity index (χ1) is 34.5. The third-order valence-corrected chi connectivity index (χ3v) is 12.3. The van der Waals surface area contributed by atoms with E-state index in [9.17, 15) is 14.4 Å². The average molecular weight is 974 g/mol. The molecule has 0 aromatic rings. The summed E-state index contributed by atoms with van der Waals surface area (Å²) in [5.41, 5.74) is 0. The molecule has 0 rings (SSSR count). The van der Waals surface area contributed by atoms with Crippen molar-refractivity contribution < 1.29 is 28.6 Å². The zero-order valence-corrected chi connectivity index (χ0v) is 45.8. The lowest BCUT2D eigenvalue weighted by molar-refractivity contribution is -0.167. The van der Waals surface area contributed by atoms with Gasteiger partial charge in [0.1, 0.15) is 13.2 Å². The molecular formula is C64H108O6. The Morgan fingerprint density at radius 2 is 0.529 bits per heavy atom. The average Bonchev–Trinajstić information content (AvgIpc) is 3.36. The Labute approximate surface area is 432 Å². The van der Waals surface area contributed by atoms with E-state index in [0.717, 1.165) is 128 Å². The van der Waals surface area contributed by atoms with Crippen molar-refractivity contribution in [1.29, 1.82) is 0 Å². The molecule has 0 aromatic heterocycles. The molecule has 0 spiro atoms. The lowest BCUT2D eigenvalue weighted by atomic mass is 10.1. The van der Waals surface area contributed by atoms with Crippen molar-refractivity contribution in [3.63, 3.8) is 0 Å². The molecule has 0 fully saturated rings. The minimum absolute atomic E-state index is 0.0950. The highest BCUT2D eigenvalue weighted by molar-refractivity contribution is 5.71. The summed E-state index contributed by atoms with van der Waals surface area (Å²) >= 11 is 0. The first-order valence-corrected chi connectivity index (χ1v) is 29.2. The van der Waals surface area contributed by atoms with Crippen LogP contribution in [0.2, 0.25) is 0 Å². The molecule has 1 atom stereocenters. The lowest BCUT2D eigenvalue weighted by Gasteiger charge is -2.18. The highest BCUT2D eigenvalue weighted by atomic mass is 16.6. The SMILES string of the molecule is CCCC/C=C\C/C=C\CCCCCCCC(=O)OCC(COC(=O)CCCCCCCC/C=C\C/C=C\C/C=C\CCCCC)OC(=O)CCCCCCCC/C=C\C/C=C\C/C=C\CCCCC. The van der Waals surface area contributed by atoms with Crippen LogP contribution in [0.25, 0.3) is 0 Å². The van der Waals surface area contributed by atoms with Crippen LogP contribution in [0.5, 0.6) is 0 Å². The highest BCUT2D eigenvalue weighted by Crippen LogP contribution is 2.14. The second kappa shape index (κ2) is 57.9. The van der Waals surface area contributed by atoms with Crippen molar-refractivity contribution >= 4 is 17.9 Å². The Morgan fingerprint density at radius 1 is 0.286 bits per heavy atom. The smallest absolute Gasteiger partial charge is 0.306 e. The molecule has 0 radical (unpaired) electrons. The number of hydrogen-bond acceptors (Lipinski definition) is 6. The van der Waals surface area contributed by atoms with E-state index in [1.165, 1.54) is 103 Å². The molecule has 400 valence electrons. The van der Waals surface area contributed by atoms with Gasteiger partial charge in [-0.2, -0.15) is 0 Å². The van der Waals surface area contributed by atoms with E-state index < -0.39 is 6.10 Å². The van der Waals surface area contributed by atoms with Crippen LogP contribution in [0.3, 0.4) is 0 Å². The molecule has 0 aliphatic rings. The number of hydrogen-bond donors (Lipinski definition) is 0. The van der Waals surface area contributed by atoms with E-state index in [2.05, 4.69) is 118 Å². The van der Waals surface area contributed by atoms with Crippen LogP contribution in [0.15, 0.2) is 97.2 Å². The molecule has 0 aliphatic carbocycles. The van der Waals surface area contributed by atoms with Gasteiger partial charge in [0, 0.05) is 19.3 Å². The summed E-state index contributed by atoms with van der Waals surface area (Å²) < 4.78 is 16.9. The highest BCUT2D eigenvalue weighted by Gasteiger charge is 2.19. The minimum Gasteiger partial charge on any atom is -0.462 e. The van der Waals surface area contributed by atoms with Gasteiger partial charge < -0.3 is 14.2 Å². The molecule has 0 saturated carbocycles. The number of unbranched alkanes of at least 4 members (excludes halogenated alkanes) is 25. The van der Waals surface area contributed by atoms with E-state index in [1.54, 1.807) is 0 Å². The molecule has 0 heterocycles. The van der Waals surface area contributed by atoms with E-state index in [1.807, 2.05) is 0 Å². The maximum Gasteiger partial charge on any atom is 0.306 e. The van der Waals surface area contributed by atoms with E-state index in [0.29, 0.717) is 19.3 Å². The quantitative estimate of drug-likeness (QED) is 0.0262. The molecule has 6 nitrogen and oxygen atoms in total. The molecule has 0 bridgehead atoms. The summed E-state index contributed by atoms with van der Waals surface area (Å²) in [5, 5.41) is 0. The van der Waals surface area contributed by atoms with Gasteiger partial charge in [-0.1, -0.05) is 227 Å². The summed E-state index contributed by atoms with van der Waals surface area (Å²) in [6.45, 7) is 6.52. The molecule has 0 aliphatic heterocycles. The Balaban J connectivity index is 4.45. The summed E-state index contributed by atoms with van der Waals surface area (Å²) in [4.78, 5) is 38.2. The fraction of sp³-hybridized carbons (Fsp3) is 0.703. The van der Waals surface area contributed by atoms with Crippen molar-refractivity contribution in [2.75, 3.05) is 13.2 Å². The van der Waals surface area contributed by atoms with Gasteiger partial charge in [0.25, 0.3) is 0 Å². The van der Waals surface area contributed by atoms with Crippen LogP contribution in [0, 0.1) is 0 Å². The Kier molecular flexibility index (Phi) is 54.9. The summed E-state index contributed by atoms with van der Waals surface area (Å²) in [6, 6.07) is 0. The van der Waals surface area contributed by atoms with Crippen LogP contribution in [-0.2, 0) is 28.6 Å². The van der Waals surface area contributed by atoms with Gasteiger partial charge in [-0.3, -0.25) is 14.4 Å². The van der Waals surface area contributed by atoms with Gasteiger partial charge in [0.05, 0.1) is 0 Å². The molecule has 0 amide bonds. The van der Waals surface area contributed by atoms with Crippen LogP contribution >= 0.6 is 0 Å². The van der Waals surface area contributed by atoms with Crippen LogP contribution < -0.4 is 0 Å². The zero-order chi connectivity index (χ0) is 50.7. The predicted molar refractivity (Wildman–Crippen MR) is 302 cm³/mol. The first-order valence-electron chi connectivity index (χ1n) is 29.2. The maximum absolute atomic E-state index is 12.9. The second-order valence-electron chi connectivity index (χ2n) is 19.2. The fourth-order valence-corrected chi connectivity index (χ4v) is 7.82. The lowest BCUT2D eigenvalue weighted by Crippen LogP contribution is -2.30. The van der Waals surface area contributed by atoms with Crippen molar-refractivity contribution in [2.24, 2.45) is 0 Å². The van der Waals surface area contributed by atoms with Crippen molar-refractivity contribution in [3.8, 4) is 0 Å². The van der Waals surface area contributed by atoms with Crippen molar-refractivity contribution in [1.82, 2.24) is 0 Å². The minimum atomic E-state index is -0.798. The maximum atomic E-state index is 12.9. The monoisotopic (exact) mass is 973 g/mol. The van der Waals surface area contributed by atoms with Crippen molar-refractivity contribution in [3.05, 3.63) is 97.2 Å². The van der Waals surface area contributed by atoms with Crippen molar-refractivity contribution in [2.45, 2.75) is 277 Å².